The quantitative estimate of drug-likeness (QED) is 0.888. The Kier molecular flexibility index (Phi) is 4.24. The maximum absolute atomic E-state index is 3.52. The zero-order chi connectivity index (χ0) is 12.3. The monoisotopic (exact) mass is 294 g/mol. The first-order valence-corrected chi connectivity index (χ1v) is 6.97. The topological polar surface area (TPSA) is 17.0 Å². The lowest BCUT2D eigenvalue weighted by atomic mass is 10.2. The van der Waals surface area contributed by atoms with Crippen molar-refractivity contribution in [2.24, 2.45) is 0 Å². The van der Waals surface area contributed by atoms with Crippen LogP contribution in [0.2, 0.25) is 0 Å². The standard InChI is InChI=1S/C14H19BrN2/c1-3-11(2)16-7-9-17-8-6-12-10-13(15)4-5-14(12)17/h4-6,8,10-11,16H,3,7,9H2,1-2H3. The van der Waals surface area contributed by atoms with E-state index in [-0.39, 0.29) is 0 Å². The molecule has 0 bridgehead atoms. The smallest absolute Gasteiger partial charge is 0.0481 e. The first-order valence-electron chi connectivity index (χ1n) is 6.18. The van der Waals surface area contributed by atoms with Crippen LogP contribution in [0.25, 0.3) is 10.9 Å². The molecule has 1 atom stereocenters. The average Bonchev–Trinajstić information content (AvgIpc) is 2.71. The summed E-state index contributed by atoms with van der Waals surface area (Å²) in [6.07, 6.45) is 3.34. The van der Waals surface area contributed by atoms with Crippen LogP contribution in [-0.4, -0.2) is 17.2 Å². The van der Waals surface area contributed by atoms with Crippen molar-refractivity contribution in [2.45, 2.75) is 32.9 Å². The van der Waals surface area contributed by atoms with Crippen molar-refractivity contribution in [3.05, 3.63) is 34.9 Å². The fraction of sp³-hybridized carbons (Fsp3) is 0.429. The number of fused-ring (bicyclic) bond motifs is 1. The van der Waals surface area contributed by atoms with Gasteiger partial charge < -0.3 is 9.88 Å². The number of hydrogen-bond donors (Lipinski definition) is 1. The Morgan fingerprint density at radius 3 is 2.94 bits per heavy atom. The Labute approximate surface area is 111 Å². The Hall–Kier alpha value is -0.800. The van der Waals surface area contributed by atoms with Crippen molar-refractivity contribution in [3.63, 3.8) is 0 Å². The summed E-state index contributed by atoms with van der Waals surface area (Å²) in [6.45, 7) is 6.48. The van der Waals surface area contributed by atoms with E-state index in [0.717, 1.165) is 17.6 Å². The molecule has 0 saturated carbocycles. The fourth-order valence-corrected chi connectivity index (χ4v) is 2.32. The summed E-state index contributed by atoms with van der Waals surface area (Å²) in [7, 11) is 0. The molecule has 0 spiro atoms. The van der Waals surface area contributed by atoms with Crippen molar-refractivity contribution in [3.8, 4) is 0 Å². The van der Waals surface area contributed by atoms with Gasteiger partial charge in [0.05, 0.1) is 0 Å². The Morgan fingerprint density at radius 2 is 2.18 bits per heavy atom. The van der Waals surface area contributed by atoms with Crippen molar-refractivity contribution in [1.29, 1.82) is 0 Å². The molecule has 0 aliphatic carbocycles. The molecule has 1 aromatic carbocycles. The molecule has 2 aromatic rings. The summed E-state index contributed by atoms with van der Waals surface area (Å²) < 4.78 is 3.44. The van der Waals surface area contributed by atoms with Crippen molar-refractivity contribution < 1.29 is 0 Å². The third-order valence-electron chi connectivity index (χ3n) is 3.19. The average molecular weight is 295 g/mol. The van der Waals surface area contributed by atoms with Crippen LogP contribution < -0.4 is 5.32 Å². The highest BCUT2D eigenvalue weighted by molar-refractivity contribution is 9.10. The number of hydrogen-bond acceptors (Lipinski definition) is 1. The van der Waals surface area contributed by atoms with E-state index in [2.05, 4.69) is 70.1 Å². The van der Waals surface area contributed by atoms with Gasteiger partial charge >= 0.3 is 0 Å². The molecule has 1 aromatic heterocycles. The van der Waals surface area contributed by atoms with Crippen LogP contribution >= 0.6 is 15.9 Å². The van der Waals surface area contributed by atoms with Crippen LogP contribution in [-0.2, 0) is 6.54 Å². The summed E-state index contributed by atoms with van der Waals surface area (Å²) in [4.78, 5) is 0. The molecule has 92 valence electrons. The third-order valence-corrected chi connectivity index (χ3v) is 3.68. The molecule has 1 heterocycles. The summed E-state index contributed by atoms with van der Waals surface area (Å²) in [6, 6.07) is 9.20. The van der Waals surface area contributed by atoms with Gasteiger partial charge in [-0.3, -0.25) is 0 Å². The zero-order valence-corrected chi connectivity index (χ0v) is 12.0. The number of benzene rings is 1. The van der Waals surface area contributed by atoms with Crippen LogP contribution in [0, 0.1) is 0 Å². The van der Waals surface area contributed by atoms with E-state index in [1.165, 1.54) is 17.3 Å². The summed E-state index contributed by atoms with van der Waals surface area (Å²) >= 11 is 3.50. The SMILES string of the molecule is CCC(C)NCCn1ccc2cc(Br)ccc21. The van der Waals surface area contributed by atoms with Crippen LogP contribution in [0.15, 0.2) is 34.9 Å². The Morgan fingerprint density at radius 1 is 1.35 bits per heavy atom. The normalized spacial score (nSPS) is 13.1. The number of aromatic nitrogens is 1. The zero-order valence-electron chi connectivity index (χ0n) is 10.4. The highest BCUT2D eigenvalue weighted by atomic mass is 79.9. The van der Waals surface area contributed by atoms with Gasteiger partial charge in [-0.15, -0.1) is 0 Å². The molecule has 1 N–H and O–H groups in total. The molecule has 1 unspecified atom stereocenters. The second kappa shape index (κ2) is 5.69. The van der Waals surface area contributed by atoms with Gasteiger partial charge in [0.15, 0.2) is 0 Å². The van der Waals surface area contributed by atoms with Crippen LogP contribution in [0.3, 0.4) is 0 Å². The maximum atomic E-state index is 3.52. The fourth-order valence-electron chi connectivity index (χ4n) is 1.94. The van der Waals surface area contributed by atoms with Crippen LogP contribution in [0.4, 0.5) is 0 Å². The highest BCUT2D eigenvalue weighted by Gasteiger charge is 2.02. The van der Waals surface area contributed by atoms with Crippen molar-refractivity contribution >= 4 is 26.8 Å². The van der Waals surface area contributed by atoms with Gasteiger partial charge in [0, 0.05) is 40.7 Å². The largest absolute Gasteiger partial charge is 0.346 e. The second-order valence-electron chi connectivity index (χ2n) is 4.48. The molecule has 0 radical (unpaired) electrons. The molecule has 0 fully saturated rings. The number of rotatable bonds is 5. The minimum Gasteiger partial charge on any atom is -0.346 e. The lowest BCUT2D eigenvalue weighted by molar-refractivity contribution is 0.509. The summed E-state index contributed by atoms with van der Waals surface area (Å²) in [5.41, 5.74) is 1.30. The molecule has 2 nitrogen and oxygen atoms in total. The predicted octanol–water partition coefficient (Wildman–Crippen LogP) is 3.79. The molecule has 17 heavy (non-hydrogen) atoms. The van der Waals surface area contributed by atoms with E-state index in [1.54, 1.807) is 0 Å². The lowest BCUT2D eigenvalue weighted by Gasteiger charge is -2.12. The van der Waals surface area contributed by atoms with Crippen LogP contribution in [0.1, 0.15) is 20.3 Å². The molecular weight excluding hydrogens is 276 g/mol. The van der Waals surface area contributed by atoms with Crippen molar-refractivity contribution in [2.75, 3.05) is 6.54 Å². The molecule has 0 aliphatic heterocycles. The minimum atomic E-state index is 0.603. The van der Waals surface area contributed by atoms with E-state index in [1.807, 2.05) is 0 Å². The van der Waals surface area contributed by atoms with E-state index >= 15 is 0 Å². The van der Waals surface area contributed by atoms with E-state index in [9.17, 15) is 0 Å². The summed E-state index contributed by atoms with van der Waals surface area (Å²) in [5.74, 6) is 0. The van der Waals surface area contributed by atoms with Gasteiger partial charge in [-0.1, -0.05) is 22.9 Å². The van der Waals surface area contributed by atoms with Gasteiger partial charge in [-0.2, -0.15) is 0 Å². The van der Waals surface area contributed by atoms with Crippen LogP contribution in [0.5, 0.6) is 0 Å². The molecule has 0 amide bonds. The van der Waals surface area contributed by atoms with Gasteiger partial charge in [-0.05, 0) is 37.6 Å². The molecule has 0 saturated heterocycles. The molecular formula is C14H19BrN2. The maximum Gasteiger partial charge on any atom is 0.0481 e. The lowest BCUT2D eigenvalue weighted by Crippen LogP contribution is -2.28. The van der Waals surface area contributed by atoms with E-state index in [4.69, 9.17) is 0 Å². The molecule has 0 aliphatic rings. The summed E-state index contributed by atoms with van der Waals surface area (Å²) in [5, 5.41) is 4.81. The van der Waals surface area contributed by atoms with Gasteiger partial charge in [0.2, 0.25) is 0 Å². The molecule has 2 rings (SSSR count). The Bertz CT molecular complexity index is 490. The van der Waals surface area contributed by atoms with Crippen molar-refractivity contribution in [1.82, 2.24) is 9.88 Å². The third kappa shape index (κ3) is 3.11. The molecule has 3 heteroatoms. The first-order chi connectivity index (χ1) is 8.20. The number of nitrogens with zero attached hydrogens (tertiary/aromatic N) is 1. The predicted molar refractivity (Wildman–Crippen MR) is 77.4 cm³/mol. The highest BCUT2D eigenvalue weighted by Crippen LogP contribution is 2.20. The van der Waals surface area contributed by atoms with E-state index < -0.39 is 0 Å². The number of halogens is 1. The van der Waals surface area contributed by atoms with Gasteiger partial charge in [0.1, 0.15) is 0 Å². The number of nitrogens with one attached hydrogen (secondary N) is 1. The van der Waals surface area contributed by atoms with E-state index in [0.29, 0.717) is 6.04 Å². The first kappa shape index (κ1) is 12.7. The second-order valence-corrected chi connectivity index (χ2v) is 5.39. The van der Waals surface area contributed by atoms with Gasteiger partial charge in [-0.25, -0.2) is 0 Å². The van der Waals surface area contributed by atoms with Gasteiger partial charge in [0.25, 0.3) is 0 Å². The minimum absolute atomic E-state index is 0.603. The Balaban J connectivity index is 2.04.